The summed E-state index contributed by atoms with van der Waals surface area (Å²) < 4.78 is 33.5. The molecular weight excluding hydrogens is 404 g/mol. The Labute approximate surface area is 179 Å². The van der Waals surface area contributed by atoms with Gasteiger partial charge in [0.15, 0.2) is 23.0 Å². The average molecular weight is 428 g/mol. The third-order valence-electron chi connectivity index (χ3n) is 6.45. The molecule has 2 aromatic rings. The molecule has 0 radical (unpaired) electrons. The number of aliphatic hydroxyl groups excluding tert-OH is 1. The van der Waals surface area contributed by atoms with Gasteiger partial charge in [-0.3, -0.25) is 4.79 Å². The number of ether oxygens (including phenoxy) is 6. The van der Waals surface area contributed by atoms with Crippen molar-refractivity contribution >= 4 is 5.97 Å². The largest absolute Gasteiger partial charge is 0.493 e. The van der Waals surface area contributed by atoms with E-state index in [0.29, 0.717) is 47.3 Å². The van der Waals surface area contributed by atoms with Gasteiger partial charge in [-0.25, -0.2) is 0 Å². The highest BCUT2D eigenvalue weighted by Crippen LogP contribution is 2.55. The first-order chi connectivity index (χ1) is 15.1. The maximum Gasteiger partial charge on any atom is 0.310 e. The molecule has 0 spiro atoms. The minimum atomic E-state index is -0.359. The van der Waals surface area contributed by atoms with E-state index in [-0.39, 0.29) is 37.1 Å². The monoisotopic (exact) mass is 428 g/mol. The highest BCUT2D eigenvalue weighted by atomic mass is 16.7. The summed E-state index contributed by atoms with van der Waals surface area (Å²) in [5, 5.41) is 9.95. The first-order valence-electron chi connectivity index (χ1n) is 10.1. The van der Waals surface area contributed by atoms with Gasteiger partial charge >= 0.3 is 5.97 Å². The van der Waals surface area contributed by atoms with Crippen LogP contribution in [0.5, 0.6) is 28.7 Å². The third-order valence-corrected chi connectivity index (χ3v) is 6.45. The molecule has 1 N–H and O–H groups in total. The molecule has 2 aromatic carbocycles. The van der Waals surface area contributed by atoms with Gasteiger partial charge in [0.2, 0.25) is 12.5 Å². The van der Waals surface area contributed by atoms with Crippen molar-refractivity contribution in [3.8, 4) is 28.7 Å². The third kappa shape index (κ3) is 2.89. The molecule has 2 heterocycles. The molecule has 0 aromatic heterocycles. The Morgan fingerprint density at radius 2 is 1.84 bits per heavy atom. The molecule has 8 heteroatoms. The summed E-state index contributed by atoms with van der Waals surface area (Å²) in [5.41, 5.74) is 3.32. The fourth-order valence-electron chi connectivity index (χ4n) is 5.16. The minimum absolute atomic E-state index is 0.00458. The Bertz CT molecular complexity index is 1020. The first-order valence-corrected chi connectivity index (χ1v) is 10.1. The molecule has 0 amide bonds. The van der Waals surface area contributed by atoms with Crippen molar-refractivity contribution in [3.63, 3.8) is 0 Å². The second-order valence-electron chi connectivity index (χ2n) is 7.88. The van der Waals surface area contributed by atoms with Crippen LogP contribution < -0.4 is 23.7 Å². The van der Waals surface area contributed by atoms with Crippen LogP contribution in [0, 0.1) is 11.8 Å². The second-order valence-corrected chi connectivity index (χ2v) is 7.88. The van der Waals surface area contributed by atoms with Crippen LogP contribution in [0.3, 0.4) is 0 Å². The van der Waals surface area contributed by atoms with Crippen LogP contribution in [0.25, 0.3) is 0 Å². The number of hydrogen-bond acceptors (Lipinski definition) is 8. The van der Waals surface area contributed by atoms with E-state index in [4.69, 9.17) is 28.4 Å². The highest BCUT2D eigenvalue weighted by molar-refractivity contribution is 5.79. The lowest BCUT2D eigenvalue weighted by Gasteiger charge is -2.34. The summed E-state index contributed by atoms with van der Waals surface area (Å²) in [6.07, 6.45) is 0.641. The smallest absolute Gasteiger partial charge is 0.310 e. The Balaban J connectivity index is 1.76. The molecule has 2 aliphatic heterocycles. The molecule has 1 fully saturated rings. The normalized spacial score (nSPS) is 23.1. The van der Waals surface area contributed by atoms with Crippen molar-refractivity contribution in [1.29, 1.82) is 0 Å². The van der Waals surface area contributed by atoms with Gasteiger partial charge < -0.3 is 33.5 Å². The van der Waals surface area contributed by atoms with Crippen LogP contribution in [0.1, 0.15) is 28.2 Å². The lowest BCUT2D eigenvalue weighted by molar-refractivity contribution is -0.141. The molecule has 0 unspecified atom stereocenters. The van der Waals surface area contributed by atoms with Gasteiger partial charge in [-0.15, -0.1) is 0 Å². The Morgan fingerprint density at radius 1 is 1.03 bits per heavy atom. The quantitative estimate of drug-likeness (QED) is 0.726. The molecule has 1 saturated heterocycles. The van der Waals surface area contributed by atoms with Crippen molar-refractivity contribution < 1.29 is 38.3 Å². The van der Waals surface area contributed by atoms with Crippen LogP contribution in [-0.4, -0.2) is 45.8 Å². The van der Waals surface area contributed by atoms with Crippen molar-refractivity contribution in [3.05, 3.63) is 40.5 Å². The number of esters is 1. The lowest BCUT2D eigenvalue weighted by Crippen LogP contribution is -2.32. The van der Waals surface area contributed by atoms with E-state index in [9.17, 15) is 9.90 Å². The van der Waals surface area contributed by atoms with Crippen molar-refractivity contribution in [2.45, 2.75) is 18.9 Å². The van der Waals surface area contributed by atoms with E-state index in [2.05, 4.69) is 0 Å². The van der Waals surface area contributed by atoms with Gasteiger partial charge in [0, 0.05) is 23.0 Å². The van der Waals surface area contributed by atoms with Gasteiger partial charge in [0.25, 0.3) is 0 Å². The number of hydrogen-bond donors (Lipinski definition) is 1. The van der Waals surface area contributed by atoms with Crippen molar-refractivity contribution in [2.75, 3.05) is 34.7 Å². The van der Waals surface area contributed by atoms with Crippen molar-refractivity contribution in [2.24, 2.45) is 11.8 Å². The van der Waals surface area contributed by atoms with Gasteiger partial charge in [0.05, 0.1) is 40.5 Å². The van der Waals surface area contributed by atoms with E-state index in [1.54, 1.807) is 14.2 Å². The second kappa shape index (κ2) is 7.53. The lowest BCUT2D eigenvalue weighted by atomic mass is 9.67. The molecule has 5 rings (SSSR count). The topological polar surface area (TPSA) is 92.7 Å². The number of carbonyl (C=O) groups excluding carboxylic acids is 1. The molecule has 164 valence electrons. The molecular formula is C23H24O8. The standard InChI is InChI=1S/C23H24O8/c1-26-16-6-11(4-12(8-24)20(16)27-2)18-14-7-17-22(31-10-30-17)21(28-3)15(14)5-13-9-29-23(25)19(13)18/h4,6-7,13,18-19,24H,5,8-10H2,1-3H3/t13-,18+,19-/m0/s1. The summed E-state index contributed by atoms with van der Waals surface area (Å²) in [6, 6.07) is 5.65. The summed E-state index contributed by atoms with van der Waals surface area (Å²) in [6.45, 7) is 0.256. The molecule has 31 heavy (non-hydrogen) atoms. The van der Waals surface area contributed by atoms with Crippen LogP contribution in [0.15, 0.2) is 18.2 Å². The van der Waals surface area contributed by atoms with Gasteiger partial charge in [-0.05, 0) is 35.7 Å². The molecule has 8 nitrogen and oxygen atoms in total. The minimum Gasteiger partial charge on any atom is -0.493 e. The molecule has 3 aliphatic rings. The number of fused-ring (bicyclic) bond motifs is 3. The van der Waals surface area contributed by atoms with Crippen molar-refractivity contribution in [1.82, 2.24) is 0 Å². The Morgan fingerprint density at radius 3 is 2.55 bits per heavy atom. The molecule has 3 atom stereocenters. The van der Waals surface area contributed by atoms with Crippen LogP contribution in [-0.2, 0) is 22.6 Å². The number of carbonyl (C=O) groups is 1. The number of aliphatic hydroxyl groups is 1. The zero-order valence-corrected chi connectivity index (χ0v) is 17.6. The molecule has 0 bridgehead atoms. The Hall–Kier alpha value is -3.13. The number of methoxy groups -OCH3 is 3. The highest BCUT2D eigenvalue weighted by Gasteiger charge is 2.49. The van der Waals surface area contributed by atoms with E-state index in [1.807, 2.05) is 18.2 Å². The number of benzene rings is 2. The van der Waals surface area contributed by atoms with Crippen LogP contribution in [0.4, 0.5) is 0 Å². The maximum atomic E-state index is 12.8. The van der Waals surface area contributed by atoms with Gasteiger partial charge in [-0.2, -0.15) is 0 Å². The van der Waals surface area contributed by atoms with E-state index >= 15 is 0 Å². The summed E-state index contributed by atoms with van der Waals surface area (Å²) in [7, 11) is 4.68. The summed E-state index contributed by atoms with van der Waals surface area (Å²) >= 11 is 0. The predicted octanol–water partition coefficient (Wildman–Crippen LogP) is 2.41. The zero-order valence-electron chi connectivity index (χ0n) is 17.6. The zero-order chi connectivity index (χ0) is 21.7. The number of cyclic esters (lactones) is 1. The van der Waals surface area contributed by atoms with Gasteiger partial charge in [-0.1, -0.05) is 0 Å². The predicted molar refractivity (Wildman–Crippen MR) is 108 cm³/mol. The fraction of sp³-hybridized carbons (Fsp3) is 0.435. The molecule has 0 saturated carbocycles. The van der Waals surface area contributed by atoms with Crippen LogP contribution in [0.2, 0.25) is 0 Å². The SMILES string of the molecule is COc1cc([C@@H]2c3cc4c(c(OC)c3C[C@H]3COC(=O)[C@@H]32)OCO4)cc(CO)c1OC. The maximum absolute atomic E-state index is 12.8. The Kier molecular flexibility index (Phi) is 4.81. The first kappa shape index (κ1) is 19.8. The number of rotatable bonds is 5. The van der Waals surface area contributed by atoms with E-state index in [0.717, 1.165) is 16.7 Å². The summed E-state index contributed by atoms with van der Waals surface area (Å²) in [5.74, 6) is 1.88. The summed E-state index contributed by atoms with van der Waals surface area (Å²) in [4.78, 5) is 12.8. The molecule has 1 aliphatic carbocycles. The fourth-order valence-corrected chi connectivity index (χ4v) is 5.16. The van der Waals surface area contributed by atoms with Gasteiger partial charge in [0.1, 0.15) is 0 Å². The van der Waals surface area contributed by atoms with Crippen LogP contribution >= 0.6 is 0 Å². The van der Waals surface area contributed by atoms with E-state index < -0.39 is 0 Å². The average Bonchev–Trinajstić information content (AvgIpc) is 3.41. The van der Waals surface area contributed by atoms with E-state index in [1.165, 1.54) is 7.11 Å².